The molecule has 0 radical (unpaired) electrons. The van der Waals surface area contributed by atoms with Gasteiger partial charge in [-0.05, 0) is 0 Å². The number of aliphatic hydroxyl groups is 2. The predicted molar refractivity (Wildman–Crippen MR) is 45.5 cm³/mol. The lowest BCUT2D eigenvalue weighted by atomic mass is 10.2. The SMILES string of the molecule is COC1OC(CO)C(CO)OC1OC. The summed E-state index contributed by atoms with van der Waals surface area (Å²) in [6, 6.07) is 0. The van der Waals surface area contributed by atoms with Crippen LogP contribution in [0.3, 0.4) is 0 Å². The fourth-order valence-electron chi connectivity index (χ4n) is 1.30. The van der Waals surface area contributed by atoms with E-state index < -0.39 is 24.8 Å². The van der Waals surface area contributed by atoms with E-state index in [4.69, 9.17) is 29.2 Å². The molecule has 0 amide bonds. The summed E-state index contributed by atoms with van der Waals surface area (Å²) in [6.45, 7) is -0.469. The molecule has 84 valence electrons. The topological polar surface area (TPSA) is 77.4 Å². The normalized spacial score (nSPS) is 38.6. The molecule has 1 fully saturated rings. The number of rotatable bonds is 4. The van der Waals surface area contributed by atoms with Gasteiger partial charge >= 0.3 is 0 Å². The number of methoxy groups -OCH3 is 2. The van der Waals surface area contributed by atoms with E-state index in [-0.39, 0.29) is 13.2 Å². The molecule has 0 aromatic carbocycles. The monoisotopic (exact) mass is 208 g/mol. The maximum absolute atomic E-state index is 8.95. The van der Waals surface area contributed by atoms with Gasteiger partial charge in [-0.3, -0.25) is 0 Å². The average Bonchev–Trinajstić information content (AvgIpc) is 2.26. The molecule has 4 atom stereocenters. The molecule has 0 spiro atoms. The maximum atomic E-state index is 8.95. The number of aliphatic hydroxyl groups excluding tert-OH is 2. The minimum absolute atomic E-state index is 0.235. The summed E-state index contributed by atoms with van der Waals surface area (Å²) in [6.07, 6.45) is -2.53. The Bertz CT molecular complexity index is 130. The van der Waals surface area contributed by atoms with Crippen LogP contribution in [0.1, 0.15) is 0 Å². The molecule has 1 aliphatic heterocycles. The molecular formula is C8H16O6. The van der Waals surface area contributed by atoms with Crippen molar-refractivity contribution in [1.82, 2.24) is 0 Å². The Morgan fingerprint density at radius 1 is 0.929 bits per heavy atom. The van der Waals surface area contributed by atoms with E-state index in [9.17, 15) is 0 Å². The third kappa shape index (κ3) is 2.41. The molecular weight excluding hydrogens is 192 g/mol. The molecule has 0 saturated carbocycles. The Morgan fingerprint density at radius 3 is 1.50 bits per heavy atom. The van der Waals surface area contributed by atoms with Crippen LogP contribution in [0.5, 0.6) is 0 Å². The van der Waals surface area contributed by atoms with Crippen molar-refractivity contribution in [2.45, 2.75) is 24.8 Å². The van der Waals surface area contributed by atoms with Crippen LogP contribution in [0.4, 0.5) is 0 Å². The highest BCUT2D eigenvalue weighted by Gasteiger charge is 2.38. The molecule has 1 rings (SSSR count). The van der Waals surface area contributed by atoms with Gasteiger partial charge in [-0.1, -0.05) is 0 Å². The van der Waals surface area contributed by atoms with Crippen LogP contribution in [-0.2, 0) is 18.9 Å². The van der Waals surface area contributed by atoms with Gasteiger partial charge in [-0.25, -0.2) is 0 Å². The van der Waals surface area contributed by atoms with Crippen molar-refractivity contribution in [3.8, 4) is 0 Å². The van der Waals surface area contributed by atoms with Crippen LogP contribution in [0, 0.1) is 0 Å². The van der Waals surface area contributed by atoms with E-state index in [0.717, 1.165) is 0 Å². The van der Waals surface area contributed by atoms with Gasteiger partial charge in [0.2, 0.25) is 12.6 Å². The molecule has 1 heterocycles. The van der Waals surface area contributed by atoms with Gasteiger partial charge in [0.25, 0.3) is 0 Å². The fourth-order valence-corrected chi connectivity index (χ4v) is 1.30. The van der Waals surface area contributed by atoms with Gasteiger partial charge in [0.15, 0.2) is 0 Å². The molecule has 0 aliphatic carbocycles. The highest BCUT2D eigenvalue weighted by molar-refractivity contribution is 4.76. The van der Waals surface area contributed by atoms with Crippen molar-refractivity contribution < 1.29 is 29.2 Å². The van der Waals surface area contributed by atoms with Crippen molar-refractivity contribution in [3.05, 3.63) is 0 Å². The van der Waals surface area contributed by atoms with Crippen molar-refractivity contribution in [3.63, 3.8) is 0 Å². The second-order valence-corrected chi connectivity index (χ2v) is 2.92. The minimum atomic E-state index is -0.681. The minimum Gasteiger partial charge on any atom is -0.394 e. The van der Waals surface area contributed by atoms with E-state index in [0.29, 0.717) is 0 Å². The van der Waals surface area contributed by atoms with Crippen molar-refractivity contribution in [2.75, 3.05) is 27.4 Å². The van der Waals surface area contributed by atoms with E-state index in [1.165, 1.54) is 14.2 Å². The zero-order valence-electron chi connectivity index (χ0n) is 8.25. The van der Waals surface area contributed by atoms with Crippen LogP contribution in [0.25, 0.3) is 0 Å². The zero-order valence-corrected chi connectivity index (χ0v) is 8.25. The van der Waals surface area contributed by atoms with E-state index >= 15 is 0 Å². The standard InChI is InChI=1S/C8H16O6/c1-11-7-8(12-2)14-6(4-10)5(3-9)13-7/h5-10H,3-4H2,1-2H3. The van der Waals surface area contributed by atoms with Crippen molar-refractivity contribution >= 4 is 0 Å². The number of hydrogen-bond donors (Lipinski definition) is 2. The molecule has 6 nitrogen and oxygen atoms in total. The molecule has 0 aromatic rings. The lowest BCUT2D eigenvalue weighted by Gasteiger charge is -2.38. The van der Waals surface area contributed by atoms with Crippen LogP contribution in [0.15, 0.2) is 0 Å². The van der Waals surface area contributed by atoms with Gasteiger partial charge in [0.1, 0.15) is 12.2 Å². The van der Waals surface area contributed by atoms with E-state index in [1.807, 2.05) is 0 Å². The quantitative estimate of drug-likeness (QED) is 0.598. The van der Waals surface area contributed by atoms with E-state index in [1.54, 1.807) is 0 Å². The first-order chi connectivity index (χ1) is 6.76. The predicted octanol–water partition coefficient (Wildman–Crippen LogP) is -1.30. The largest absolute Gasteiger partial charge is 0.394 e. The summed E-state index contributed by atoms with van der Waals surface area (Å²) < 4.78 is 20.5. The molecule has 2 N–H and O–H groups in total. The van der Waals surface area contributed by atoms with Gasteiger partial charge in [0.05, 0.1) is 13.2 Å². The summed E-state index contributed by atoms with van der Waals surface area (Å²) in [5.74, 6) is 0. The lowest BCUT2D eigenvalue weighted by Crippen LogP contribution is -2.53. The lowest BCUT2D eigenvalue weighted by molar-refractivity contribution is -0.357. The second-order valence-electron chi connectivity index (χ2n) is 2.92. The van der Waals surface area contributed by atoms with Crippen LogP contribution in [-0.4, -0.2) is 62.4 Å². The summed E-state index contributed by atoms with van der Waals surface area (Å²) in [7, 11) is 2.90. The summed E-state index contributed by atoms with van der Waals surface area (Å²) in [4.78, 5) is 0. The van der Waals surface area contributed by atoms with Crippen LogP contribution >= 0.6 is 0 Å². The summed E-state index contributed by atoms with van der Waals surface area (Å²) in [5.41, 5.74) is 0. The van der Waals surface area contributed by atoms with Gasteiger partial charge < -0.3 is 29.2 Å². The first kappa shape index (κ1) is 11.8. The summed E-state index contributed by atoms with van der Waals surface area (Å²) >= 11 is 0. The Labute approximate surface area is 82.3 Å². The molecule has 4 unspecified atom stereocenters. The Kier molecular flexibility index (Phi) is 4.73. The Morgan fingerprint density at radius 2 is 1.29 bits per heavy atom. The van der Waals surface area contributed by atoms with Gasteiger partial charge in [-0.15, -0.1) is 0 Å². The highest BCUT2D eigenvalue weighted by atomic mass is 16.8. The molecule has 1 aliphatic rings. The molecule has 6 heteroatoms. The number of hydrogen-bond acceptors (Lipinski definition) is 6. The Balaban J connectivity index is 2.59. The summed E-state index contributed by atoms with van der Waals surface area (Å²) in [5, 5.41) is 17.9. The smallest absolute Gasteiger partial charge is 0.209 e. The van der Waals surface area contributed by atoms with Crippen LogP contribution < -0.4 is 0 Å². The zero-order chi connectivity index (χ0) is 10.6. The van der Waals surface area contributed by atoms with Crippen LogP contribution in [0.2, 0.25) is 0 Å². The average molecular weight is 208 g/mol. The molecule has 0 bridgehead atoms. The van der Waals surface area contributed by atoms with Gasteiger partial charge in [0, 0.05) is 14.2 Å². The van der Waals surface area contributed by atoms with Crippen molar-refractivity contribution in [1.29, 1.82) is 0 Å². The highest BCUT2D eigenvalue weighted by Crippen LogP contribution is 2.21. The first-order valence-electron chi connectivity index (χ1n) is 4.35. The third-order valence-electron chi connectivity index (χ3n) is 2.08. The molecule has 1 saturated heterocycles. The van der Waals surface area contributed by atoms with Crippen molar-refractivity contribution in [2.24, 2.45) is 0 Å². The molecule has 14 heavy (non-hydrogen) atoms. The van der Waals surface area contributed by atoms with E-state index in [2.05, 4.69) is 0 Å². The number of ether oxygens (including phenoxy) is 4. The Hall–Kier alpha value is -0.240. The first-order valence-corrected chi connectivity index (χ1v) is 4.35. The fraction of sp³-hybridized carbons (Fsp3) is 1.00. The third-order valence-corrected chi connectivity index (χ3v) is 2.08. The molecule has 0 aromatic heterocycles. The maximum Gasteiger partial charge on any atom is 0.209 e. The van der Waals surface area contributed by atoms with Gasteiger partial charge in [-0.2, -0.15) is 0 Å². The second kappa shape index (κ2) is 5.59.